The highest BCUT2D eigenvalue weighted by molar-refractivity contribution is 5.75. The van der Waals surface area contributed by atoms with Crippen molar-refractivity contribution in [2.75, 3.05) is 0 Å². The first-order valence-electron chi connectivity index (χ1n) is 7.47. The topological polar surface area (TPSA) is 75.6 Å². The first kappa shape index (κ1) is 15.1. The van der Waals surface area contributed by atoms with Crippen molar-refractivity contribution in [3.8, 4) is 0 Å². The molecule has 0 bridgehead atoms. The molecule has 2 rings (SSSR count). The van der Waals surface area contributed by atoms with Gasteiger partial charge in [0.05, 0.1) is 5.92 Å². The van der Waals surface area contributed by atoms with Crippen molar-refractivity contribution in [1.29, 1.82) is 0 Å². The second-order valence-electron chi connectivity index (χ2n) is 7.13. The van der Waals surface area contributed by atoms with Gasteiger partial charge in [-0.15, -0.1) is 0 Å². The van der Waals surface area contributed by atoms with Crippen molar-refractivity contribution in [3.63, 3.8) is 0 Å². The Kier molecular flexibility index (Phi) is 3.98. The number of carbonyl (C=O) groups is 2. The number of carbonyl (C=O) groups excluding carboxylic acids is 1. The van der Waals surface area contributed by atoms with Crippen LogP contribution in [0.1, 0.15) is 59.3 Å². The minimum Gasteiger partial charge on any atom is -0.481 e. The zero-order valence-electron chi connectivity index (χ0n) is 12.6. The molecule has 0 unspecified atom stereocenters. The number of rotatable bonds is 3. The van der Waals surface area contributed by atoms with Gasteiger partial charge in [0.2, 0.25) is 0 Å². The number of amides is 1. The van der Waals surface area contributed by atoms with Crippen LogP contribution in [-0.2, 0) is 9.53 Å². The van der Waals surface area contributed by atoms with Crippen molar-refractivity contribution in [2.45, 2.75) is 70.4 Å². The lowest BCUT2D eigenvalue weighted by Crippen LogP contribution is -2.53. The summed E-state index contributed by atoms with van der Waals surface area (Å²) < 4.78 is 5.34. The normalized spacial score (nSPS) is 28.6. The molecular formula is C15H25NO4. The van der Waals surface area contributed by atoms with Gasteiger partial charge in [-0.2, -0.15) is 0 Å². The number of nitrogens with one attached hydrogen (secondary N) is 1. The fraction of sp³-hybridized carbons (Fsp3) is 0.867. The fourth-order valence-corrected chi connectivity index (χ4v) is 3.36. The monoisotopic (exact) mass is 283 g/mol. The van der Waals surface area contributed by atoms with Crippen LogP contribution in [0.5, 0.6) is 0 Å². The quantitative estimate of drug-likeness (QED) is 0.835. The molecule has 2 fully saturated rings. The van der Waals surface area contributed by atoms with E-state index in [1.807, 2.05) is 20.8 Å². The third-order valence-electron chi connectivity index (χ3n) is 4.31. The van der Waals surface area contributed by atoms with Gasteiger partial charge in [0.1, 0.15) is 5.60 Å². The molecule has 1 amide bonds. The molecular weight excluding hydrogens is 258 g/mol. The predicted molar refractivity (Wildman–Crippen MR) is 74.4 cm³/mol. The van der Waals surface area contributed by atoms with E-state index in [4.69, 9.17) is 9.84 Å². The number of aliphatic carboxylic acids is 1. The van der Waals surface area contributed by atoms with Gasteiger partial charge in [-0.25, -0.2) is 4.79 Å². The second-order valence-corrected chi connectivity index (χ2v) is 7.13. The largest absolute Gasteiger partial charge is 0.481 e. The van der Waals surface area contributed by atoms with E-state index in [2.05, 4.69) is 5.32 Å². The van der Waals surface area contributed by atoms with Crippen LogP contribution in [-0.4, -0.2) is 28.3 Å². The van der Waals surface area contributed by atoms with Gasteiger partial charge in [0.25, 0.3) is 0 Å². The van der Waals surface area contributed by atoms with Crippen LogP contribution in [0.15, 0.2) is 0 Å². The van der Waals surface area contributed by atoms with E-state index in [1.165, 1.54) is 0 Å². The molecule has 2 atom stereocenters. The van der Waals surface area contributed by atoms with E-state index in [9.17, 15) is 9.59 Å². The molecule has 0 spiro atoms. The molecule has 0 aliphatic heterocycles. The Hall–Kier alpha value is -1.26. The third-order valence-corrected chi connectivity index (χ3v) is 4.31. The number of ether oxygens (including phenoxy) is 1. The molecule has 20 heavy (non-hydrogen) atoms. The Balaban J connectivity index is 2.05. The van der Waals surface area contributed by atoms with Gasteiger partial charge >= 0.3 is 12.1 Å². The summed E-state index contributed by atoms with van der Waals surface area (Å²) in [4.78, 5) is 23.2. The van der Waals surface area contributed by atoms with Gasteiger partial charge in [-0.3, -0.25) is 4.79 Å². The van der Waals surface area contributed by atoms with Crippen molar-refractivity contribution in [2.24, 2.45) is 11.8 Å². The molecule has 0 heterocycles. The van der Waals surface area contributed by atoms with Crippen LogP contribution in [0, 0.1) is 11.8 Å². The van der Waals surface area contributed by atoms with Gasteiger partial charge in [0, 0.05) is 5.54 Å². The van der Waals surface area contributed by atoms with E-state index >= 15 is 0 Å². The van der Waals surface area contributed by atoms with Crippen LogP contribution in [0.4, 0.5) is 4.79 Å². The van der Waals surface area contributed by atoms with Gasteiger partial charge in [0.15, 0.2) is 0 Å². The molecule has 0 aromatic heterocycles. The first-order chi connectivity index (χ1) is 9.23. The lowest BCUT2D eigenvalue weighted by molar-refractivity contribution is -0.139. The zero-order valence-corrected chi connectivity index (χ0v) is 12.6. The van der Waals surface area contributed by atoms with E-state index in [1.54, 1.807) is 0 Å². The number of hydrogen-bond acceptors (Lipinski definition) is 3. The lowest BCUT2D eigenvalue weighted by Gasteiger charge is -2.39. The van der Waals surface area contributed by atoms with Gasteiger partial charge in [-0.1, -0.05) is 19.3 Å². The van der Waals surface area contributed by atoms with Crippen molar-refractivity contribution in [1.82, 2.24) is 5.32 Å². The summed E-state index contributed by atoms with van der Waals surface area (Å²) in [5.41, 5.74) is -0.903. The minimum atomic E-state index is -0.745. The maximum atomic E-state index is 12.1. The lowest BCUT2D eigenvalue weighted by atomic mass is 9.77. The summed E-state index contributed by atoms with van der Waals surface area (Å²) in [5.74, 6) is -0.984. The molecule has 114 valence electrons. The van der Waals surface area contributed by atoms with Crippen LogP contribution in [0.2, 0.25) is 0 Å². The Bertz CT molecular complexity index is 393. The summed E-state index contributed by atoms with van der Waals surface area (Å²) in [6.07, 6.45) is 5.21. The maximum absolute atomic E-state index is 12.1. The van der Waals surface area contributed by atoms with Crippen LogP contribution < -0.4 is 5.32 Å². The Morgan fingerprint density at radius 2 is 1.80 bits per heavy atom. The number of carboxylic acids is 1. The number of hydrogen-bond donors (Lipinski definition) is 2. The predicted octanol–water partition coefficient (Wildman–Crippen LogP) is 2.93. The van der Waals surface area contributed by atoms with E-state index in [-0.39, 0.29) is 17.4 Å². The van der Waals surface area contributed by atoms with Gasteiger partial charge in [-0.05, 0) is 46.0 Å². The van der Waals surface area contributed by atoms with E-state index in [0.29, 0.717) is 6.42 Å². The van der Waals surface area contributed by atoms with Crippen molar-refractivity contribution in [3.05, 3.63) is 0 Å². The number of alkyl carbamates (subject to hydrolysis) is 1. The van der Waals surface area contributed by atoms with Crippen LogP contribution in [0.25, 0.3) is 0 Å². The highest BCUT2D eigenvalue weighted by Gasteiger charge is 2.57. The average molecular weight is 283 g/mol. The summed E-state index contributed by atoms with van der Waals surface area (Å²) in [5, 5.41) is 12.2. The smallest absolute Gasteiger partial charge is 0.408 e. The summed E-state index contributed by atoms with van der Waals surface area (Å²) in [6, 6.07) is 0. The van der Waals surface area contributed by atoms with Gasteiger partial charge < -0.3 is 15.2 Å². The Morgan fingerprint density at radius 3 is 2.25 bits per heavy atom. The van der Waals surface area contributed by atoms with Crippen LogP contribution in [0.3, 0.4) is 0 Å². The van der Waals surface area contributed by atoms with E-state index in [0.717, 1.165) is 32.1 Å². The molecule has 0 aromatic carbocycles. The Morgan fingerprint density at radius 1 is 1.20 bits per heavy atom. The standard InChI is InChI=1S/C15H25NO4/c1-14(2,3)20-13(19)16-15(7-5-4-6-8-15)11-9-10(11)12(17)18/h10-11H,4-9H2,1-3H3,(H,16,19)(H,17,18)/t10-,11-/m1/s1. The highest BCUT2D eigenvalue weighted by Crippen LogP contribution is 2.52. The molecule has 2 aliphatic rings. The first-order valence-corrected chi connectivity index (χ1v) is 7.47. The average Bonchev–Trinajstić information content (AvgIpc) is 3.07. The third kappa shape index (κ3) is 3.44. The summed E-state index contributed by atoms with van der Waals surface area (Å²) >= 11 is 0. The molecule has 0 radical (unpaired) electrons. The van der Waals surface area contributed by atoms with E-state index < -0.39 is 17.7 Å². The highest BCUT2D eigenvalue weighted by atomic mass is 16.6. The minimum absolute atomic E-state index is 0.0628. The molecule has 2 N–H and O–H groups in total. The molecule has 2 aliphatic carbocycles. The molecule has 2 saturated carbocycles. The zero-order chi connectivity index (χ0) is 15.0. The molecule has 0 saturated heterocycles. The summed E-state index contributed by atoms with van der Waals surface area (Å²) in [7, 11) is 0. The van der Waals surface area contributed by atoms with Crippen molar-refractivity contribution < 1.29 is 19.4 Å². The SMILES string of the molecule is CC(C)(C)OC(=O)NC1([C@@H]2C[C@H]2C(=O)O)CCCCC1. The number of carboxylic acid groups (broad SMARTS) is 1. The Labute approximate surface area is 120 Å². The summed E-state index contributed by atoms with van der Waals surface area (Å²) in [6.45, 7) is 5.49. The molecule has 0 aromatic rings. The molecule has 5 nitrogen and oxygen atoms in total. The maximum Gasteiger partial charge on any atom is 0.408 e. The molecule has 5 heteroatoms. The fourth-order valence-electron chi connectivity index (χ4n) is 3.36. The van der Waals surface area contributed by atoms with Crippen LogP contribution >= 0.6 is 0 Å². The second kappa shape index (κ2) is 5.26. The van der Waals surface area contributed by atoms with Crippen molar-refractivity contribution >= 4 is 12.1 Å².